The van der Waals surface area contributed by atoms with Gasteiger partial charge in [0, 0.05) is 13.6 Å². The van der Waals surface area contributed by atoms with Gasteiger partial charge in [-0.2, -0.15) is 0 Å². The van der Waals surface area contributed by atoms with Crippen molar-refractivity contribution in [3.8, 4) is 0 Å². The summed E-state index contributed by atoms with van der Waals surface area (Å²) in [5, 5.41) is 19.9. The number of halogens is 1. The highest BCUT2D eigenvalue weighted by Crippen LogP contribution is 2.27. The summed E-state index contributed by atoms with van der Waals surface area (Å²) in [5.41, 5.74) is 4.27. The molecule has 0 aliphatic rings. The minimum Gasteiger partial charge on any atom is -0.393 e. The molecular weight excluding hydrogens is 269 g/mol. The molecule has 8 heteroatoms. The van der Waals surface area contributed by atoms with Gasteiger partial charge in [-0.3, -0.25) is 14.9 Å². The fraction of sp³-hybridized carbons (Fsp3) is 0.417. The van der Waals surface area contributed by atoms with Crippen molar-refractivity contribution in [2.75, 3.05) is 19.3 Å². The van der Waals surface area contributed by atoms with E-state index in [1.807, 2.05) is 0 Å². The molecule has 1 aromatic carbocycles. The molecule has 1 unspecified atom stereocenters. The highest BCUT2D eigenvalue weighted by atomic mass is 19.1. The van der Waals surface area contributed by atoms with Crippen molar-refractivity contribution in [1.82, 2.24) is 4.90 Å². The maximum absolute atomic E-state index is 13.3. The summed E-state index contributed by atoms with van der Waals surface area (Å²) in [4.78, 5) is 23.2. The average Bonchev–Trinajstić information content (AvgIpc) is 2.36. The minimum absolute atomic E-state index is 0.222. The van der Waals surface area contributed by atoms with Crippen LogP contribution in [0.15, 0.2) is 12.1 Å². The Labute approximate surface area is 114 Å². The number of rotatable bonds is 5. The molecule has 0 aromatic heterocycles. The van der Waals surface area contributed by atoms with Crippen LogP contribution in [-0.4, -0.2) is 40.5 Å². The van der Waals surface area contributed by atoms with E-state index in [1.165, 1.54) is 11.9 Å². The summed E-state index contributed by atoms with van der Waals surface area (Å²) in [7, 11) is 1.45. The van der Waals surface area contributed by atoms with Crippen molar-refractivity contribution in [3.05, 3.63) is 33.6 Å². The third-order valence-corrected chi connectivity index (χ3v) is 2.78. The number of carbonyl (C=O) groups excluding carboxylic acids is 1. The Morgan fingerprint density at radius 2 is 2.20 bits per heavy atom. The van der Waals surface area contributed by atoms with Crippen LogP contribution in [0.1, 0.15) is 23.7 Å². The fourth-order valence-electron chi connectivity index (χ4n) is 1.62. The molecule has 0 saturated heterocycles. The van der Waals surface area contributed by atoms with E-state index in [0.717, 1.165) is 6.07 Å². The molecule has 3 N–H and O–H groups in total. The zero-order valence-corrected chi connectivity index (χ0v) is 11.2. The first kappa shape index (κ1) is 15.8. The first-order valence-electron chi connectivity index (χ1n) is 5.91. The fourth-order valence-corrected chi connectivity index (χ4v) is 1.62. The first-order valence-corrected chi connectivity index (χ1v) is 5.91. The number of anilines is 1. The van der Waals surface area contributed by atoms with Crippen molar-refractivity contribution in [3.63, 3.8) is 0 Å². The SMILES string of the molecule is CC(O)CCN(C)C(=O)c1cc(F)cc([N+](=O)[O-])c1N. The van der Waals surface area contributed by atoms with Crippen molar-refractivity contribution in [2.45, 2.75) is 19.4 Å². The van der Waals surface area contributed by atoms with E-state index >= 15 is 0 Å². The number of nitro benzene ring substituents is 1. The van der Waals surface area contributed by atoms with Gasteiger partial charge < -0.3 is 15.7 Å². The number of benzene rings is 1. The normalized spacial score (nSPS) is 12.0. The van der Waals surface area contributed by atoms with Crippen LogP contribution in [0, 0.1) is 15.9 Å². The maximum atomic E-state index is 13.3. The lowest BCUT2D eigenvalue weighted by atomic mass is 10.1. The summed E-state index contributed by atoms with van der Waals surface area (Å²) in [6.07, 6.45) is -0.260. The summed E-state index contributed by atoms with van der Waals surface area (Å²) >= 11 is 0. The van der Waals surface area contributed by atoms with Crippen LogP contribution in [0.2, 0.25) is 0 Å². The quantitative estimate of drug-likeness (QED) is 0.479. The predicted octanol–water partition coefficient (Wildman–Crippen LogP) is 1.16. The molecule has 0 aliphatic carbocycles. The van der Waals surface area contributed by atoms with Gasteiger partial charge in [-0.05, 0) is 19.4 Å². The largest absolute Gasteiger partial charge is 0.393 e. The van der Waals surface area contributed by atoms with Gasteiger partial charge in [-0.15, -0.1) is 0 Å². The molecule has 0 heterocycles. The molecule has 0 bridgehead atoms. The molecule has 1 aromatic rings. The predicted molar refractivity (Wildman–Crippen MR) is 70.7 cm³/mol. The minimum atomic E-state index is -0.904. The van der Waals surface area contributed by atoms with Crippen molar-refractivity contribution >= 4 is 17.3 Å². The Kier molecular flexibility index (Phi) is 4.98. The van der Waals surface area contributed by atoms with E-state index in [-0.39, 0.29) is 17.8 Å². The average molecular weight is 285 g/mol. The Bertz CT molecular complexity index is 534. The number of nitrogen functional groups attached to an aromatic ring is 1. The van der Waals surface area contributed by atoms with Crippen LogP contribution in [-0.2, 0) is 0 Å². The molecule has 1 rings (SSSR count). The van der Waals surface area contributed by atoms with Gasteiger partial charge in [0.15, 0.2) is 0 Å². The molecule has 110 valence electrons. The van der Waals surface area contributed by atoms with Gasteiger partial charge in [0.25, 0.3) is 11.6 Å². The monoisotopic (exact) mass is 285 g/mol. The smallest absolute Gasteiger partial charge is 0.295 e. The number of amides is 1. The van der Waals surface area contributed by atoms with E-state index in [1.54, 1.807) is 6.92 Å². The van der Waals surface area contributed by atoms with Gasteiger partial charge in [0.05, 0.1) is 22.7 Å². The summed E-state index contributed by atoms with van der Waals surface area (Å²) in [5.74, 6) is -1.54. The van der Waals surface area contributed by atoms with Crippen LogP contribution in [0.4, 0.5) is 15.8 Å². The molecule has 7 nitrogen and oxygen atoms in total. The van der Waals surface area contributed by atoms with Crippen LogP contribution in [0.5, 0.6) is 0 Å². The molecule has 0 spiro atoms. The van der Waals surface area contributed by atoms with Crippen molar-refractivity contribution in [2.24, 2.45) is 0 Å². The number of carbonyl (C=O) groups is 1. The topological polar surface area (TPSA) is 110 Å². The summed E-state index contributed by atoms with van der Waals surface area (Å²) in [6.45, 7) is 1.79. The Hall–Kier alpha value is -2.22. The molecule has 20 heavy (non-hydrogen) atoms. The van der Waals surface area contributed by atoms with Gasteiger partial charge in [0.2, 0.25) is 0 Å². The van der Waals surface area contributed by atoms with E-state index in [2.05, 4.69) is 0 Å². The molecule has 0 saturated carbocycles. The number of aliphatic hydroxyl groups is 1. The maximum Gasteiger partial charge on any atom is 0.295 e. The van der Waals surface area contributed by atoms with Crippen LogP contribution in [0.25, 0.3) is 0 Å². The third-order valence-electron chi connectivity index (χ3n) is 2.78. The van der Waals surface area contributed by atoms with Crippen molar-refractivity contribution in [1.29, 1.82) is 0 Å². The number of nitro groups is 1. The van der Waals surface area contributed by atoms with Gasteiger partial charge in [0.1, 0.15) is 11.5 Å². The van der Waals surface area contributed by atoms with E-state index < -0.39 is 28.4 Å². The summed E-state index contributed by atoms with van der Waals surface area (Å²) < 4.78 is 13.3. The van der Waals surface area contributed by atoms with Gasteiger partial charge in [-0.25, -0.2) is 4.39 Å². The zero-order valence-electron chi connectivity index (χ0n) is 11.2. The number of aliphatic hydroxyl groups excluding tert-OH is 1. The van der Waals surface area contributed by atoms with Gasteiger partial charge >= 0.3 is 0 Å². The second-order valence-electron chi connectivity index (χ2n) is 4.51. The van der Waals surface area contributed by atoms with E-state index in [0.29, 0.717) is 12.5 Å². The molecular formula is C12H16FN3O4. The molecule has 1 amide bonds. The van der Waals surface area contributed by atoms with Crippen LogP contribution >= 0.6 is 0 Å². The Morgan fingerprint density at radius 3 is 2.70 bits per heavy atom. The zero-order chi connectivity index (χ0) is 15.4. The standard InChI is InChI=1S/C12H16FN3O4/c1-7(17)3-4-15(2)12(18)9-5-8(13)6-10(11(9)14)16(19)20/h5-7,17H,3-4,14H2,1-2H3. The lowest BCUT2D eigenvalue weighted by molar-refractivity contribution is -0.384. The molecule has 0 radical (unpaired) electrons. The highest BCUT2D eigenvalue weighted by Gasteiger charge is 2.23. The lowest BCUT2D eigenvalue weighted by Crippen LogP contribution is -2.30. The number of hydrogen-bond acceptors (Lipinski definition) is 5. The molecule has 0 fully saturated rings. The van der Waals surface area contributed by atoms with E-state index in [9.17, 15) is 19.3 Å². The lowest BCUT2D eigenvalue weighted by Gasteiger charge is -2.19. The van der Waals surface area contributed by atoms with E-state index in [4.69, 9.17) is 10.8 Å². The highest BCUT2D eigenvalue weighted by molar-refractivity contribution is 6.00. The van der Waals surface area contributed by atoms with Crippen molar-refractivity contribution < 1.29 is 19.2 Å². The third kappa shape index (κ3) is 3.64. The van der Waals surface area contributed by atoms with Gasteiger partial charge in [-0.1, -0.05) is 0 Å². The first-order chi connectivity index (χ1) is 9.23. The van der Waals surface area contributed by atoms with Crippen LogP contribution < -0.4 is 5.73 Å². The number of nitrogens with two attached hydrogens (primary N) is 1. The number of hydrogen-bond donors (Lipinski definition) is 2. The second kappa shape index (κ2) is 6.29. The molecule has 1 atom stereocenters. The molecule has 0 aliphatic heterocycles. The number of nitrogens with zero attached hydrogens (tertiary/aromatic N) is 2. The second-order valence-corrected chi connectivity index (χ2v) is 4.51. The van der Waals surface area contributed by atoms with Crippen LogP contribution in [0.3, 0.4) is 0 Å². The Balaban J connectivity index is 3.07. The Morgan fingerprint density at radius 1 is 1.60 bits per heavy atom. The summed E-state index contributed by atoms with van der Waals surface area (Å²) in [6, 6.07) is 1.53.